The third kappa shape index (κ3) is 8.35. The van der Waals surface area contributed by atoms with Gasteiger partial charge in [-0.25, -0.2) is 0 Å². The molecule has 0 aromatic rings. The van der Waals surface area contributed by atoms with Gasteiger partial charge in [0.2, 0.25) is 0 Å². The first-order chi connectivity index (χ1) is 5.66. The molecule has 0 fully saturated rings. The fourth-order valence-corrected chi connectivity index (χ4v) is 1.40. The van der Waals surface area contributed by atoms with Crippen LogP contribution in [0.1, 0.15) is 33.6 Å². The molecular weight excluding hydrogens is 170 g/mol. The summed E-state index contributed by atoms with van der Waals surface area (Å²) in [6, 6.07) is 0. The Morgan fingerprint density at radius 3 is 2.33 bits per heavy atom. The maximum atomic E-state index is 5.63. The molecule has 0 aromatic carbocycles. The number of hydrogen-bond acceptors (Lipinski definition) is 1. The molecule has 0 saturated heterocycles. The number of nitrogens with one attached hydrogen (secondary N) is 1. The molecule has 0 spiro atoms. The fourth-order valence-electron chi connectivity index (χ4n) is 1.03. The maximum absolute atomic E-state index is 5.63. The van der Waals surface area contributed by atoms with Crippen molar-refractivity contribution in [1.82, 2.24) is 5.32 Å². The molecule has 0 aliphatic heterocycles. The van der Waals surface area contributed by atoms with E-state index in [0.29, 0.717) is 0 Å². The van der Waals surface area contributed by atoms with Crippen LogP contribution in [0.2, 0.25) is 0 Å². The highest BCUT2D eigenvalue weighted by molar-refractivity contribution is 6.17. The van der Waals surface area contributed by atoms with E-state index in [0.717, 1.165) is 37.2 Å². The predicted molar refractivity (Wildman–Crippen MR) is 56.8 cm³/mol. The van der Waals surface area contributed by atoms with Crippen LogP contribution in [-0.4, -0.2) is 19.0 Å². The van der Waals surface area contributed by atoms with Crippen molar-refractivity contribution >= 4 is 11.6 Å². The molecule has 0 amide bonds. The summed E-state index contributed by atoms with van der Waals surface area (Å²) in [5.74, 6) is 2.31. The lowest BCUT2D eigenvalue weighted by Gasteiger charge is -2.11. The predicted octanol–water partition coefficient (Wildman–Crippen LogP) is 2.89. The Hall–Kier alpha value is 0.250. The van der Waals surface area contributed by atoms with Crippen LogP contribution < -0.4 is 5.32 Å². The summed E-state index contributed by atoms with van der Waals surface area (Å²) in [6.45, 7) is 9.00. The third-order valence-electron chi connectivity index (χ3n) is 1.99. The maximum Gasteiger partial charge on any atom is 0.0226 e. The zero-order valence-corrected chi connectivity index (χ0v) is 9.32. The normalized spacial score (nSPS) is 13.8. The lowest BCUT2D eigenvalue weighted by molar-refractivity contribution is 0.471. The van der Waals surface area contributed by atoms with Gasteiger partial charge in [-0.15, -0.1) is 11.6 Å². The smallest absolute Gasteiger partial charge is 0.0226 e. The Kier molecular flexibility index (Phi) is 8.04. The van der Waals surface area contributed by atoms with Gasteiger partial charge in [-0.3, -0.25) is 0 Å². The van der Waals surface area contributed by atoms with Crippen LogP contribution in [0.4, 0.5) is 0 Å². The van der Waals surface area contributed by atoms with Gasteiger partial charge < -0.3 is 5.32 Å². The number of hydrogen-bond donors (Lipinski definition) is 1. The van der Waals surface area contributed by atoms with Gasteiger partial charge in [0, 0.05) is 5.88 Å². The van der Waals surface area contributed by atoms with Crippen molar-refractivity contribution in [3.8, 4) is 0 Å². The Balaban J connectivity index is 3.08. The van der Waals surface area contributed by atoms with Gasteiger partial charge in [-0.05, 0) is 37.8 Å². The molecule has 0 aliphatic carbocycles. The second-order valence-corrected chi connectivity index (χ2v) is 4.35. The average molecular weight is 192 g/mol. The number of rotatable bonds is 7. The first kappa shape index (κ1) is 12.2. The standard InChI is InChI=1S/C10H22ClN/c1-9(2)5-7-12-8-10(3)4-6-11/h9-10,12H,4-8H2,1-3H3. The quantitative estimate of drug-likeness (QED) is 0.482. The van der Waals surface area contributed by atoms with E-state index in [1.165, 1.54) is 6.42 Å². The first-order valence-corrected chi connectivity index (χ1v) is 5.47. The number of halogens is 1. The van der Waals surface area contributed by atoms with Gasteiger partial charge >= 0.3 is 0 Å². The SMILES string of the molecule is CC(C)CCNCC(C)CCCl. The van der Waals surface area contributed by atoms with E-state index in [4.69, 9.17) is 11.6 Å². The van der Waals surface area contributed by atoms with Crippen molar-refractivity contribution in [1.29, 1.82) is 0 Å². The summed E-state index contributed by atoms with van der Waals surface area (Å²) < 4.78 is 0. The Morgan fingerprint density at radius 1 is 1.17 bits per heavy atom. The van der Waals surface area contributed by atoms with E-state index in [1.807, 2.05) is 0 Å². The zero-order chi connectivity index (χ0) is 9.40. The van der Waals surface area contributed by atoms with Crippen LogP contribution in [0.3, 0.4) is 0 Å². The van der Waals surface area contributed by atoms with Crippen molar-refractivity contribution in [2.45, 2.75) is 33.6 Å². The lowest BCUT2D eigenvalue weighted by atomic mass is 10.1. The summed E-state index contributed by atoms with van der Waals surface area (Å²) >= 11 is 5.63. The van der Waals surface area contributed by atoms with Crippen LogP contribution >= 0.6 is 11.6 Å². The summed E-state index contributed by atoms with van der Waals surface area (Å²) in [6.07, 6.45) is 2.39. The van der Waals surface area contributed by atoms with Crippen molar-refractivity contribution in [2.24, 2.45) is 11.8 Å². The van der Waals surface area contributed by atoms with Gasteiger partial charge in [0.1, 0.15) is 0 Å². The summed E-state index contributed by atoms with van der Waals surface area (Å²) in [4.78, 5) is 0. The Morgan fingerprint density at radius 2 is 1.83 bits per heavy atom. The highest BCUT2D eigenvalue weighted by Gasteiger charge is 2.00. The Labute approximate surface area is 81.9 Å². The van der Waals surface area contributed by atoms with Crippen LogP contribution in [-0.2, 0) is 0 Å². The lowest BCUT2D eigenvalue weighted by Crippen LogP contribution is -2.23. The average Bonchev–Trinajstić information content (AvgIpc) is 1.98. The zero-order valence-electron chi connectivity index (χ0n) is 8.57. The molecule has 1 unspecified atom stereocenters. The van der Waals surface area contributed by atoms with E-state index < -0.39 is 0 Å². The van der Waals surface area contributed by atoms with Gasteiger partial charge in [0.25, 0.3) is 0 Å². The van der Waals surface area contributed by atoms with Crippen molar-refractivity contribution in [3.05, 3.63) is 0 Å². The number of alkyl halides is 1. The van der Waals surface area contributed by atoms with Crippen molar-refractivity contribution in [2.75, 3.05) is 19.0 Å². The molecule has 12 heavy (non-hydrogen) atoms. The molecule has 0 radical (unpaired) electrons. The van der Waals surface area contributed by atoms with Crippen molar-refractivity contribution in [3.63, 3.8) is 0 Å². The van der Waals surface area contributed by atoms with Crippen LogP contribution in [0, 0.1) is 11.8 Å². The van der Waals surface area contributed by atoms with E-state index in [2.05, 4.69) is 26.1 Å². The van der Waals surface area contributed by atoms with Crippen LogP contribution in [0.25, 0.3) is 0 Å². The molecule has 2 heteroatoms. The third-order valence-corrected chi connectivity index (χ3v) is 2.21. The second kappa shape index (κ2) is 7.88. The van der Waals surface area contributed by atoms with E-state index in [9.17, 15) is 0 Å². The summed E-state index contributed by atoms with van der Waals surface area (Å²) in [5, 5.41) is 3.44. The van der Waals surface area contributed by atoms with Crippen LogP contribution in [0.15, 0.2) is 0 Å². The molecule has 0 saturated carbocycles. The highest BCUT2D eigenvalue weighted by Crippen LogP contribution is 2.02. The minimum atomic E-state index is 0.717. The summed E-state index contributed by atoms with van der Waals surface area (Å²) in [5.41, 5.74) is 0. The van der Waals surface area contributed by atoms with Gasteiger partial charge in [0.05, 0.1) is 0 Å². The largest absolute Gasteiger partial charge is 0.316 e. The molecule has 0 aliphatic rings. The molecule has 0 heterocycles. The van der Waals surface area contributed by atoms with Crippen LogP contribution in [0.5, 0.6) is 0 Å². The van der Waals surface area contributed by atoms with Gasteiger partial charge in [-0.2, -0.15) is 0 Å². The molecule has 0 rings (SSSR count). The minimum Gasteiger partial charge on any atom is -0.316 e. The first-order valence-electron chi connectivity index (χ1n) is 4.93. The van der Waals surface area contributed by atoms with E-state index in [1.54, 1.807) is 0 Å². The minimum absolute atomic E-state index is 0.717. The molecule has 1 atom stereocenters. The monoisotopic (exact) mass is 191 g/mol. The van der Waals surface area contributed by atoms with E-state index in [-0.39, 0.29) is 0 Å². The van der Waals surface area contributed by atoms with Crippen molar-refractivity contribution < 1.29 is 0 Å². The highest BCUT2D eigenvalue weighted by atomic mass is 35.5. The Bertz CT molecular complexity index is 93.8. The van der Waals surface area contributed by atoms with Gasteiger partial charge in [0.15, 0.2) is 0 Å². The summed E-state index contributed by atoms with van der Waals surface area (Å²) in [7, 11) is 0. The molecule has 0 bridgehead atoms. The topological polar surface area (TPSA) is 12.0 Å². The molecule has 0 aromatic heterocycles. The molecule has 1 N–H and O–H groups in total. The molecular formula is C10H22ClN. The molecule has 74 valence electrons. The second-order valence-electron chi connectivity index (χ2n) is 3.97. The molecule has 1 nitrogen and oxygen atoms in total. The van der Waals surface area contributed by atoms with Gasteiger partial charge in [-0.1, -0.05) is 20.8 Å². The van der Waals surface area contributed by atoms with E-state index >= 15 is 0 Å². The fraction of sp³-hybridized carbons (Fsp3) is 1.00.